The van der Waals surface area contributed by atoms with E-state index in [1.54, 1.807) is 36.4 Å². The van der Waals surface area contributed by atoms with Gasteiger partial charge in [0.25, 0.3) is 5.56 Å². The molecular formula is C19H18N2O7. The van der Waals surface area contributed by atoms with Crippen LogP contribution in [0.25, 0.3) is 10.8 Å². The standard InChI is InChI=1S/C19H18N2O7/c22-9-14-16(25)17(18(28-14)21-8-7-15(24)20-19(21)26)27-13-6-2-3-10-11(13)4-1-5-12(10)23/h1-8,14,16-18,22-23,25H,9H2,(H,20,24,26)/t14-,16-,17-,18-/m1/s1. The first kappa shape index (κ1) is 18.2. The molecule has 0 aliphatic carbocycles. The van der Waals surface area contributed by atoms with Gasteiger partial charge in [-0.05, 0) is 12.1 Å². The second kappa shape index (κ2) is 7.12. The Hall–Kier alpha value is -3.14. The van der Waals surface area contributed by atoms with Gasteiger partial charge in [0.15, 0.2) is 12.3 Å². The van der Waals surface area contributed by atoms with E-state index in [0.717, 1.165) is 10.6 Å². The molecule has 0 unspecified atom stereocenters. The summed E-state index contributed by atoms with van der Waals surface area (Å²) >= 11 is 0. The van der Waals surface area contributed by atoms with Crippen molar-refractivity contribution in [1.29, 1.82) is 0 Å². The van der Waals surface area contributed by atoms with Gasteiger partial charge in [0, 0.05) is 23.0 Å². The Morgan fingerprint density at radius 1 is 1.11 bits per heavy atom. The molecule has 2 aromatic carbocycles. The fraction of sp³-hybridized carbons (Fsp3) is 0.263. The molecule has 28 heavy (non-hydrogen) atoms. The zero-order valence-corrected chi connectivity index (χ0v) is 14.6. The van der Waals surface area contributed by atoms with Gasteiger partial charge in [-0.25, -0.2) is 4.79 Å². The third-order valence-electron chi connectivity index (χ3n) is 4.74. The van der Waals surface area contributed by atoms with Crippen LogP contribution in [0.2, 0.25) is 0 Å². The van der Waals surface area contributed by atoms with Crippen LogP contribution in [0, 0.1) is 0 Å². The molecule has 9 nitrogen and oxygen atoms in total. The zero-order chi connectivity index (χ0) is 19.8. The number of aromatic nitrogens is 2. The van der Waals surface area contributed by atoms with Crippen molar-refractivity contribution in [2.45, 2.75) is 24.5 Å². The minimum absolute atomic E-state index is 0.0767. The summed E-state index contributed by atoms with van der Waals surface area (Å²) in [7, 11) is 0. The maximum Gasteiger partial charge on any atom is 0.330 e. The molecule has 1 fully saturated rings. The minimum atomic E-state index is -1.23. The Morgan fingerprint density at radius 2 is 1.86 bits per heavy atom. The second-order valence-electron chi connectivity index (χ2n) is 6.47. The van der Waals surface area contributed by atoms with Crippen LogP contribution in [0.1, 0.15) is 6.23 Å². The monoisotopic (exact) mass is 386 g/mol. The first-order valence-electron chi connectivity index (χ1n) is 8.63. The van der Waals surface area contributed by atoms with E-state index in [-0.39, 0.29) is 5.75 Å². The van der Waals surface area contributed by atoms with E-state index in [0.29, 0.717) is 16.5 Å². The highest BCUT2D eigenvalue weighted by Crippen LogP contribution is 2.36. The number of aromatic amines is 1. The van der Waals surface area contributed by atoms with Crippen molar-refractivity contribution < 1.29 is 24.8 Å². The number of hydrogen-bond acceptors (Lipinski definition) is 7. The average Bonchev–Trinajstić information content (AvgIpc) is 2.98. The number of rotatable bonds is 4. The first-order valence-corrected chi connectivity index (χ1v) is 8.63. The number of aromatic hydroxyl groups is 1. The first-order chi connectivity index (χ1) is 13.5. The Balaban J connectivity index is 1.77. The van der Waals surface area contributed by atoms with Gasteiger partial charge in [0.2, 0.25) is 0 Å². The lowest BCUT2D eigenvalue weighted by Crippen LogP contribution is -2.41. The van der Waals surface area contributed by atoms with Crippen LogP contribution >= 0.6 is 0 Å². The molecule has 3 aromatic rings. The van der Waals surface area contributed by atoms with Gasteiger partial charge in [-0.2, -0.15) is 0 Å². The Bertz CT molecular complexity index is 1120. The highest BCUT2D eigenvalue weighted by Gasteiger charge is 2.46. The summed E-state index contributed by atoms with van der Waals surface area (Å²) in [6.07, 6.45) is -3.10. The lowest BCUT2D eigenvalue weighted by molar-refractivity contribution is -0.0522. The third kappa shape index (κ3) is 3.05. The predicted octanol–water partition coefficient (Wildman–Crippen LogP) is 0.0936. The topological polar surface area (TPSA) is 134 Å². The summed E-state index contributed by atoms with van der Waals surface area (Å²) in [4.78, 5) is 25.6. The van der Waals surface area contributed by atoms with Crippen molar-refractivity contribution in [2.75, 3.05) is 6.61 Å². The highest BCUT2D eigenvalue weighted by atomic mass is 16.6. The van der Waals surface area contributed by atoms with Gasteiger partial charge in [0.05, 0.1) is 6.61 Å². The molecule has 2 heterocycles. The summed E-state index contributed by atoms with van der Waals surface area (Å²) < 4.78 is 12.7. The molecule has 0 amide bonds. The molecule has 0 spiro atoms. The van der Waals surface area contributed by atoms with E-state index in [1.165, 1.54) is 6.20 Å². The van der Waals surface area contributed by atoms with E-state index in [4.69, 9.17) is 9.47 Å². The molecule has 0 radical (unpaired) electrons. The molecular weight excluding hydrogens is 368 g/mol. The number of hydrogen-bond donors (Lipinski definition) is 4. The van der Waals surface area contributed by atoms with Gasteiger partial charge in [-0.3, -0.25) is 14.3 Å². The number of aliphatic hydroxyl groups is 2. The molecule has 4 atom stereocenters. The number of ether oxygens (including phenoxy) is 2. The summed E-state index contributed by atoms with van der Waals surface area (Å²) in [5.41, 5.74) is -1.30. The molecule has 1 aliphatic heterocycles. The van der Waals surface area contributed by atoms with E-state index < -0.39 is 42.4 Å². The van der Waals surface area contributed by atoms with Gasteiger partial charge in [-0.1, -0.05) is 24.3 Å². The zero-order valence-electron chi connectivity index (χ0n) is 14.6. The maximum absolute atomic E-state index is 12.2. The second-order valence-corrected chi connectivity index (χ2v) is 6.47. The van der Waals surface area contributed by atoms with Crippen molar-refractivity contribution in [3.05, 3.63) is 69.5 Å². The van der Waals surface area contributed by atoms with Crippen molar-refractivity contribution in [1.82, 2.24) is 9.55 Å². The van der Waals surface area contributed by atoms with E-state index in [1.807, 2.05) is 0 Å². The molecule has 4 rings (SSSR count). The molecule has 0 bridgehead atoms. The van der Waals surface area contributed by atoms with E-state index >= 15 is 0 Å². The molecule has 1 saturated heterocycles. The number of H-pyrrole nitrogens is 1. The smallest absolute Gasteiger partial charge is 0.330 e. The predicted molar refractivity (Wildman–Crippen MR) is 98.4 cm³/mol. The quantitative estimate of drug-likeness (QED) is 0.499. The Labute approximate surface area is 158 Å². The van der Waals surface area contributed by atoms with Crippen molar-refractivity contribution in [3.8, 4) is 11.5 Å². The van der Waals surface area contributed by atoms with Crippen LogP contribution in [0.4, 0.5) is 0 Å². The average molecular weight is 386 g/mol. The summed E-state index contributed by atoms with van der Waals surface area (Å²) in [6.45, 7) is -0.480. The third-order valence-corrected chi connectivity index (χ3v) is 4.74. The summed E-state index contributed by atoms with van der Waals surface area (Å²) in [6, 6.07) is 11.2. The lowest BCUT2D eigenvalue weighted by atomic mass is 10.1. The number of benzene rings is 2. The molecule has 9 heteroatoms. The van der Waals surface area contributed by atoms with Crippen LogP contribution in [0.15, 0.2) is 58.3 Å². The Morgan fingerprint density at radius 3 is 2.61 bits per heavy atom. The normalized spacial score (nSPS) is 24.5. The molecule has 1 aliphatic rings. The number of phenols is 1. The van der Waals surface area contributed by atoms with Crippen LogP contribution in [-0.2, 0) is 4.74 Å². The van der Waals surface area contributed by atoms with Crippen molar-refractivity contribution in [3.63, 3.8) is 0 Å². The van der Waals surface area contributed by atoms with Crippen molar-refractivity contribution in [2.24, 2.45) is 0 Å². The van der Waals surface area contributed by atoms with Crippen LogP contribution in [-0.4, -0.2) is 49.8 Å². The number of fused-ring (bicyclic) bond motifs is 1. The van der Waals surface area contributed by atoms with Crippen LogP contribution < -0.4 is 16.0 Å². The number of phenolic OH excluding ortho intramolecular Hbond substituents is 1. The number of nitrogens with one attached hydrogen (secondary N) is 1. The highest BCUT2D eigenvalue weighted by molar-refractivity contribution is 5.92. The summed E-state index contributed by atoms with van der Waals surface area (Å²) in [5, 5.41) is 31.3. The maximum atomic E-state index is 12.2. The van der Waals surface area contributed by atoms with Crippen molar-refractivity contribution >= 4 is 10.8 Å². The number of nitrogens with zero attached hydrogens (tertiary/aromatic N) is 1. The van der Waals surface area contributed by atoms with Gasteiger partial charge < -0.3 is 24.8 Å². The lowest BCUT2D eigenvalue weighted by Gasteiger charge is -2.24. The SMILES string of the molecule is O=c1ccn([C@@H]2O[C@H](CO)[C@@H](O)[C@H]2Oc2cccc3c(O)cccc23)c(=O)[nH]1. The van der Waals surface area contributed by atoms with Gasteiger partial charge >= 0.3 is 5.69 Å². The van der Waals surface area contributed by atoms with E-state index in [2.05, 4.69) is 4.98 Å². The molecule has 4 N–H and O–H groups in total. The molecule has 1 aromatic heterocycles. The van der Waals surface area contributed by atoms with Gasteiger partial charge in [0.1, 0.15) is 23.7 Å². The Kier molecular flexibility index (Phi) is 4.63. The molecule has 0 saturated carbocycles. The van der Waals surface area contributed by atoms with E-state index in [9.17, 15) is 24.9 Å². The van der Waals surface area contributed by atoms with Crippen LogP contribution in [0.5, 0.6) is 11.5 Å². The molecule has 146 valence electrons. The van der Waals surface area contributed by atoms with Gasteiger partial charge in [-0.15, -0.1) is 0 Å². The fourth-order valence-electron chi connectivity index (χ4n) is 3.36. The minimum Gasteiger partial charge on any atom is -0.507 e. The fourth-order valence-corrected chi connectivity index (χ4v) is 3.36. The largest absolute Gasteiger partial charge is 0.507 e. The summed E-state index contributed by atoms with van der Waals surface area (Å²) in [5.74, 6) is 0.440. The van der Waals surface area contributed by atoms with Crippen LogP contribution in [0.3, 0.4) is 0 Å². The number of aliphatic hydroxyl groups excluding tert-OH is 2.